The molecule has 0 spiro atoms. The second kappa shape index (κ2) is 18.6. The van der Waals surface area contributed by atoms with E-state index in [2.05, 4.69) is 12.2 Å². The number of unbranched alkanes of at least 4 members (excludes halogenated alkanes) is 4. The van der Waals surface area contributed by atoms with E-state index >= 15 is 0 Å². The monoisotopic (exact) mass is 616 g/mol. The maximum absolute atomic E-state index is 13.2. The van der Waals surface area contributed by atoms with Crippen LogP contribution >= 0.6 is 0 Å². The molecule has 1 rings (SSSR count). The standard InChI is InChI=1S/C33H64N2O8/c1-10-12-13-14-15-17-27(36)34-18-16-19-42-30-25(6)35(9)21-22(3)20-32(7,40)29(38)23(4)28(37)24(5)31(39)43-26(11-2)33(30,8)41/h22-26,28-30,37-38,40-41H,10-21H2,1-9H3,(H,34,36)/t22-,23+,24-,25-,26-,28+,29-,30-,32-,33-/m1/s1. The minimum atomic E-state index is -1.58. The maximum Gasteiger partial charge on any atom is 0.311 e. The normalized spacial score (nSPS) is 37.3. The number of likely N-dealkylation sites (N-methyl/N-ethyl adjacent to an activating group) is 1. The van der Waals surface area contributed by atoms with Crippen LogP contribution in [0.3, 0.4) is 0 Å². The first-order valence-electron chi connectivity index (χ1n) is 16.6. The summed E-state index contributed by atoms with van der Waals surface area (Å²) in [5.74, 6) is -2.51. The van der Waals surface area contributed by atoms with Gasteiger partial charge in [-0.2, -0.15) is 0 Å². The molecule has 1 aliphatic heterocycles. The molecule has 0 bridgehead atoms. The first-order valence-corrected chi connectivity index (χ1v) is 16.6. The molecule has 5 N–H and O–H groups in total. The summed E-state index contributed by atoms with van der Waals surface area (Å²) < 4.78 is 12.1. The van der Waals surface area contributed by atoms with Crippen molar-refractivity contribution in [2.45, 2.75) is 155 Å². The van der Waals surface area contributed by atoms with E-state index < -0.39 is 53.4 Å². The number of cyclic esters (lactones) is 1. The third-order valence-electron chi connectivity index (χ3n) is 9.36. The van der Waals surface area contributed by atoms with Crippen molar-refractivity contribution in [2.75, 3.05) is 26.7 Å². The number of hydrogen-bond donors (Lipinski definition) is 5. The smallest absolute Gasteiger partial charge is 0.311 e. The van der Waals surface area contributed by atoms with E-state index in [-0.39, 0.29) is 30.9 Å². The lowest BCUT2D eigenvalue weighted by molar-refractivity contribution is -0.202. The molecular formula is C33H64N2O8. The molecule has 1 amide bonds. The number of aliphatic hydroxyl groups excluding tert-OH is 2. The third kappa shape index (κ3) is 12.2. The van der Waals surface area contributed by atoms with Crippen molar-refractivity contribution in [1.29, 1.82) is 0 Å². The molecule has 10 nitrogen and oxygen atoms in total. The van der Waals surface area contributed by atoms with Gasteiger partial charge in [-0.1, -0.05) is 53.4 Å². The summed E-state index contributed by atoms with van der Waals surface area (Å²) >= 11 is 0. The number of ether oxygens (including phenoxy) is 2. The van der Waals surface area contributed by atoms with Crippen LogP contribution in [-0.2, 0) is 19.1 Å². The molecule has 43 heavy (non-hydrogen) atoms. The van der Waals surface area contributed by atoms with Gasteiger partial charge in [0.2, 0.25) is 5.91 Å². The van der Waals surface area contributed by atoms with Crippen molar-refractivity contribution in [3.63, 3.8) is 0 Å². The first-order chi connectivity index (χ1) is 20.0. The van der Waals surface area contributed by atoms with Crippen LogP contribution < -0.4 is 5.32 Å². The summed E-state index contributed by atoms with van der Waals surface area (Å²) in [6.45, 7) is 15.5. The lowest BCUT2D eigenvalue weighted by Crippen LogP contribution is -2.60. The highest BCUT2D eigenvalue weighted by atomic mass is 16.6. The van der Waals surface area contributed by atoms with Gasteiger partial charge in [0.15, 0.2) is 0 Å². The van der Waals surface area contributed by atoms with Crippen molar-refractivity contribution < 1.29 is 39.5 Å². The zero-order valence-electron chi connectivity index (χ0n) is 28.5. The minimum Gasteiger partial charge on any atom is -0.459 e. The van der Waals surface area contributed by atoms with E-state index in [1.165, 1.54) is 19.8 Å². The molecule has 10 heteroatoms. The van der Waals surface area contributed by atoms with Crippen molar-refractivity contribution in [3.05, 3.63) is 0 Å². The number of nitrogens with zero attached hydrogens (tertiary/aromatic N) is 1. The third-order valence-corrected chi connectivity index (χ3v) is 9.36. The number of nitrogens with one attached hydrogen (secondary N) is 1. The molecule has 0 aliphatic carbocycles. The predicted octanol–water partition coefficient (Wildman–Crippen LogP) is 3.42. The SMILES string of the molecule is CCCCCCCC(=O)NCCCO[C@@H]1[C@@H](C)N(C)C[C@H](C)C[C@@](C)(O)[C@H](O)[C@@H](C)[C@H](O)[C@@H](C)C(=O)O[C@H](CC)[C@@]1(C)O. The molecule has 0 unspecified atom stereocenters. The molecule has 254 valence electrons. The second-order valence-electron chi connectivity index (χ2n) is 13.6. The molecule has 1 fully saturated rings. The average molecular weight is 617 g/mol. The topological polar surface area (TPSA) is 149 Å². The van der Waals surface area contributed by atoms with Crippen LogP contribution in [-0.4, -0.2) is 106 Å². The fourth-order valence-corrected chi connectivity index (χ4v) is 6.46. The van der Waals surface area contributed by atoms with Gasteiger partial charge in [0, 0.05) is 38.1 Å². The van der Waals surface area contributed by atoms with Gasteiger partial charge in [-0.15, -0.1) is 0 Å². The van der Waals surface area contributed by atoms with Crippen LogP contribution in [0.5, 0.6) is 0 Å². The Morgan fingerprint density at radius 2 is 1.67 bits per heavy atom. The zero-order valence-corrected chi connectivity index (χ0v) is 28.5. The van der Waals surface area contributed by atoms with Crippen LogP contribution in [0.2, 0.25) is 0 Å². The average Bonchev–Trinajstić information content (AvgIpc) is 2.94. The van der Waals surface area contributed by atoms with E-state index in [9.17, 15) is 30.0 Å². The minimum absolute atomic E-state index is 0.0316. The molecule has 0 aromatic heterocycles. The van der Waals surface area contributed by atoms with E-state index in [4.69, 9.17) is 9.47 Å². The van der Waals surface area contributed by atoms with Crippen LogP contribution in [0.25, 0.3) is 0 Å². The van der Waals surface area contributed by atoms with Gasteiger partial charge < -0.3 is 40.1 Å². The van der Waals surface area contributed by atoms with Crippen molar-refractivity contribution in [3.8, 4) is 0 Å². The Kier molecular flexibility index (Phi) is 17.2. The molecule has 10 atom stereocenters. The summed E-state index contributed by atoms with van der Waals surface area (Å²) in [6.07, 6.45) is 2.89. The number of carbonyl (C=O) groups is 2. The fourth-order valence-electron chi connectivity index (χ4n) is 6.46. The van der Waals surface area contributed by atoms with Crippen molar-refractivity contribution >= 4 is 11.9 Å². The Hall–Kier alpha value is -1.30. The van der Waals surface area contributed by atoms with Crippen molar-refractivity contribution in [1.82, 2.24) is 10.2 Å². The number of rotatable bonds is 12. The molecule has 0 radical (unpaired) electrons. The van der Waals surface area contributed by atoms with Gasteiger partial charge in [0.05, 0.1) is 23.7 Å². The number of esters is 1. The lowest BCUT2D eigenvalue weighted by atomic mass is 9.78. The Labute approximate surface area is 260 Å². The van der Waals surface area contributed by atoms with Gasteiger partial charge in [0.25, 0.3) is 0 Å². The van der Waals surface area contributed by atoms with Gasteiger partial charge in [-0.25, -0.2) is 0 Å². The summed E-state index contributed by atoms with van der Waals surface area (Å²) in [5, 5.41) is 48.0. The Morgan fingerprint density at radius 1 is 1.05 bits per heavy atom. The zero-order chi connectivity index (χ0) is 33.0. The van der Waals surface area contributed by atoms with Gasteiger partial charge in [0.1, 0.15) is 17.8 Å². The molecule has 0 aromatic carbocycles. The Morgan fingerprint density at radius 3 is 2.28 bits per heavy atom. The summed E-state index contributed by atoms with van der Waals surface area (Å²) in [5.41, 5.74) is -3.08. The molecule has 1 heterocycles. The number of hydrogen-bond acceptors (Lipinski definition) is 9. The highest BCUT2D eigenvalue weighted by molar-refractivity contribution is 5.75. The maximum atomic E-state index is 13.2. The molecule has 0 saturated carbocycles. The second-order valence-corrected chi connectivity index (χ2v) is 13.6. The number of amides is 1. The predicted molar refractivity (Wildman–Crippen MR) is 168 cm³/mol. The summed E-state index contributed by atoms with van der Waals surface area (Å²) in [7, 11) is 1.92. The van der Waals surface area contributed by atoms with E-state index in [1.807, 2.05) is 32.7 Å². The van der Waals surface area contributed by atoms with Crippen molar-refractivity contribution in [2.24, 2.45) is 17.8 Å². The highest BCUT2D eigenvalue weighted by Crippen LogP contribution is 2.33. The lowest BCUT2D eigenvalue weighted by Gasteiger charge is -2.44. The quantitative estimate of drug-likeness (QED) is 0.164. The van der Waals surface area contributed by atoms with E-state index in [0.29, 0.717) is 32.4 Å². The molecule has 1 saturated heterocycles. The summed E-state index contributed by atoms with van der Waals surface area (Å²) in [6, 6.07) is -0.315. The Balaban J connectivity index is 3.10. The molecule has 0 aromatic rings. The fraction of sp³-hybridized carbons (Fsp3) is 0.939. The molecule has 1 aliphatic rings. The molecular weight excluding hydrogens is 552 g/mol. The largest absolute Gasteiger partial charge is 0.459 e. The first kappa shape index (κ1) is 39.7. The summed E-state index contributed by atoms with van der Waals surface area (Å²) in [4.78, 5) is 27.5. The highest BCUT2D eigenvalue weighted by Gasteiger charge is 2.48. The van der Waals surface area contributed by atoms with Gasteiger partial charge >= 0.3 is 5.97 Å². The van der Waals surface area contributed by atoms with Crippen LogP contribution in [0, 0.1) is 17.8 Å². The Bertz CT molecular complexity index is 823. The van der Waals surface area contributed by atoms with Crippen LogP contribution in [0.1, 0.15) is 113 Å². The van der Waals surface area contributed by atoms with E-state index in [1.54, 1.807) is 20.8 Å². The number of aliphatic hydroxyl groups is 4. The number of carbonyl (C=O) groups excluding carboxylic acids is 2. The van der Waals surface area contributed by atoms with Gasteiger partial charge in [-0.3, -0.25) is 9.59 Å². The van der Waals surface area contributed by atoms with Gasteiger partial charge in [-0.05, 0) is 66.3 Å². The van der Waals surface area contributed by atoms with Crippen LogP contribution in [0.4, 0.5) is 0 Å². The van der Waals surface area contributed by atoms with E-state index in [0.717, 1.165) is 19.3 Å². The van der Waals surface area contributed by atoms with Crippen LogP contribution in [0.15, 0.2) is 0 Å².